The Morgan fingerprint density at radius 1 is 0.451 bits per heavy atom. The Morgan fingerprint density at radius 3 is 1.51 bits per heavy atom. The SMILES string of the molecule is C1#CC(c2ccc(N(c3ccccc3)c3ccccc3)cc2Nc2ccccc2)=CC(c2ccc(-c3ccc(-c4ccccc4)cc3)cc2)=CC1. The summed E-state index contributed by atoms with van der Waals surface area (Å²) < 4.78 is 0. The monoisotopic (exact) mass is 652 g/mol. The van der Waals surface area contributed by atoms with Gasteiger partial charge in [0.05, 0.1) is 0 Å². The Hall–Kier alpha value is -6.82. The molecule has 0 aliphatic heterocycles. The quantitative estimate of drug-likeness (QED) is 0.156. The van der Waals surface area contributed by atoms with E-state index in [9.17, 15) is 0 Å². The molecule has 242 valence electrons. The maximum Gasteiger partial charge on any atom is 0.0491 e. The number of anilines is 5. The van der Waals surface area contributed by atoms with Crippen LogP contribution in [-0.4, -0.2) is 0 Å². The summed E-state index contributed by atoms with van der Waals surface area (Å²) >= 11 is 0. The number of benzene rings is 7. The number of nitrogens with one attached hydrogen (secondary N) is 1. The highest BCUT2D eigenvalue weighted by Gasteiger charge is 2.17. The number of para-hydroxylation sites is 3. The lowest BCUT2D eigenvalue weighted by Gasteiger charge is -2.26. The van der Waals surface area contributed by atoms with Crippen LogP contribution in [0.2, 0.25) is 0 Å². The van der Waals surface area contributed by atoms with Crippen molar-refractivity contribution in [3.05, 3.63) is 211 Å². The molecule has 7 aromatic rings. The minimum atomic E-state index is 0.688. The normalized spacial score (nSPS) is 12.1. The smallest absolute Gasteiger partial charge is 0.0491 e. The fourth-order valence-electron chi connectivity index (χ4n) is 6.53. The van der Waals surface area contributed by atoms with Crippen molar-refractivity contribution in [2.24, 2.45) is 0 Å². The maximum atomic E-state index is 3.73. The Labute approximate surface area is 300 Å². The largest absolute Gasteiger partial charge is 0.355 e. The highest BCUT2D eigenvalue weighted by Crippen LogP contribution is 2.39. The van der Waals surface area contributed by atoms with Gasteiger partial charge in [-0.2, -0.15) is 0 Å². The van der Waals surface area contributed by atoms with Gasteiger partial charge in [0.2, 0.25) is 0 Å². The molecular formula is C49H36N2. The number of hydrogen-bond donors (Lipinski definition) is 1. The van der Waals surface area contributed by atoms with Crippen LogP contribution in [0.25, 0.3) is 33.4 Å². The Balaban J connectivity index is 1.13. The summed E-state index contributed by atoms with van der Waals surface area (Å²) in [4.78, 5) is 2.29. The van der Waals surface area contributed by atoms with Crippen LogP contribution >= 0.6 is 0 Å². The summed E-state index contributed by atoms with van der Waals surface area (Å²) in [5.74, 6) is 6.90. The van der Waals surface area contributed by atoms with Gasteiger partial charge in [0.15, 0.2) is 0 Å². The van der Waals surface area contributed by atoms with E-state index < -0.39 is 0 Å². The molecule has 1 aliphatic carbocycles. The third-order valence-corrected chi connectivity index (χ3v) is 9.12. The summed E-state index contributed by atoms with van der Waals surface area (Å²) in [5.41, 5.74) is 14.5. The van der Waals surface area contributed by atoms with Crippen LogP contribution in [0.1, 0.15) is 17.5 Å². The van der Waals surface area contributed by atoms with E-state index >= 15 is 0 Å². The van der Waals surface area contributed by atoms with E-state index in [1.165, 1.54) is 22.3 Å². The van der Waals surface area contributed by atoms with Gasteiger partial charge in [-0.15, -0.1) is 0 Å². The fraction of sp³-hybridized carbons (Fsp3) is 0.0204. The first-order valence-corrected chi connectivity index (χ1v) is 17.3. The van der Waals surface area contributed by atoms with Crippen molar-refractivity contribution in [1.82, 2.24) is 0 Å². The van der Waals surface area contributed by atoms with Crippen LogP contribution in [-0.2, 0) is 0 Å². The van der Waals surface area contributed by atoms with Crippen LogP contribution in [0, 0.1) is 11.8 Å². The number of rotatable bonds is 9. The summed E-state index contributed by atoms with van der Waals surface area (Å²) in [5, 5.41) is 3.73. The van der Waals surface area contributed by atoms with E-state index in [-0.39, 0.29) is 0 Å². The molecule has 0 heterocycles. The van der Waals surface area contributed by atoms with E-state index in [1.54, 1.807) is 0 Å². The van der Waals surface area contributed by atoms with Gasteiger partial charge in [0, 0.05) is 46.0 Å². The molecule has 0 fully saturated rings. The van der Waals surface area contributed by atoms with Crippen LogP contribution in [0.3, 0.4) is 0 Å². The Kier molecular flexibility index (Phi) is 9.09. The first kappa shape index (κ1) is 31.4. The van der Waals surface area contributed by atoms with E-state index in [4.69, 9.17) is 0 Å². The molecule has 0 amide bonds. The van der Waals surface area contributed by atoms with Gasteiger partial charge < -0.3 is 10.2 Å². The summed E-state index contributed by atoms with van der Waals surface area (Å²) in [6.45, 7) is 0. The molecule has 8 rings (SSSR count). The molecule has 0 unspecified atom stereocenters. The molecule has 0 saturated carbocycles. The second kappa shape index (κ2) is 14.7. The minimum absolute atomic E-state index is 0.688. The van der Waals surface area contributed by atoms with Crippen molar-refractivity contribution in [2.45, 2.75) is 6.42 Å². The Bertz CT molecular complexity index is 2320. The van der Waals surface area contributed by atoms with Crippen molar-refractivity contribution >= 4 is 39.6 Å². The fourth-order valence-corrected chi connectivity index (χ4v) is 6.53. The molecule has 0 aromatic heterocycles. The summed E-state index contributed by atoms with van der Waals surface area (Å²) in [6.07, 6.45) is 5.16. The standard InChI is InChI=1S/C49H36N2/c1-5-15-37(16-6-1)38-25-27-39(28-26-38)40-29-31-41(32-30-40)42-17-13-14-18-43(35-42)48-34-33-47(36-49(48)50-44-19-7-2-8-20-44)51(45-21-9-3-10-22-45)46-23-11-4-12-24-46/h1-12,15-17,19-36,50H,13H2. The van der Waals surface area contributed by atoms with Crippen molar-refractivity contribution in [3.63, 3.8) is 0 Å². The average Bonchev–Trinajstić information content (AvgIpc) is 3.46. The van der Waals surface area contributed by atoms with Crippen molar-refractivity contribution in [2.75, 3.05) is 10.2 Å². The van der Waals surface area contributed by atoms with Gasteiger partial charge in [-0.1, -0.05) is 151 Å². The molecule has 0 saturated heterocycles. The summed E-state index contributed by atoms with van der Waals surface area (Å²) in [7, 11) is 0. The first-order chi connectivity index (χ1) is 25.3. The lowest BCUT2D eigenvalue weighted by molar-refractivity contribution is 1.28. The van der Waals surface area contributed by atoms with E-state index in [2.05, 4.69) is 216 Å². The van der Waals surface area contributed by atoms with Crippen LogP contribution in [0.15, 0.2) is 200 Å². The zero-order chi connectivity index (χ0) is 34.2. The molecule has 0 spiro atoms. The second-order valence-corrected chi connectivity index (χ2v) is 12.5. The zero-order valence-corrected chi connectivity index (χ0v) is 28.2. The van der Waals surface area contributed by atoms with Gasteiger partial charge >= 0.3 is 0 Å². The van der Waals surface area contributed by atoms with Crippen molar-refractivity contribution < 1.29 is 0 Å². The highest BCUT2D eigenvalue weighted by atomic mass is 15.1. The molecule has 0 radical (unpaired) electrons. The number of nitrogens with zero attached hydrogens (tertiary/aromatic N) is 1. The first-order valence-electron chi connectivity index (χ1n) is 17.3. The molecule has 2 nitrogen and oxygen atoms in total. The van der Waals surface area contributed by atoms with Crippen molar-refractivity contribution in [1.29, 1.82) is 0 Å². The molecule has 1 aliphatic rings. The third kappa shape index (κ3) is 7.15. The summed E-state index contributed by atoms with van der Waals surface area (Å²) in [6, 6.07) is 66.1. The van der Waals surface area contributed by atoms with Gasteiger partial charge in [-0.25, -0.2) is 0 Å². The van der Waals surface area contributed by atoms with E-state index in [0.717, 1.165) is 50.7 Å². The molecule has 2 heteroatoms. The molecule has 1 N–H and O–H groups in total. The van der Waals surface area contributed by atoms with Gasteiger partial charge in [0.1, 0.15) is 0 Å². The number of hydrogen-bond acceptors (Lipinski definition) is 2. The van der Waals surface area contributed by atoms with Crippen LogP contribution in [0.5, 0.6) is 0 Å². The highest BCUT2D eigenvalue weighted by molar-refractivity contribution is 5.96. The lowest BCUT2D eigenvalue weighted by atomic mass is 9.95. The van der Waals surface area contributed by atoms with Gasteiger partial charge in [-0.3, -0.25) is 0 Å². The zero-order valence-electron chi connectivity index (χ0n) is 28.2. The van der Waals surface area contributed by atoms with E-state index in [0.29, 0.717) is 6.42 Å². The predicted octanol–water partition coefficient (Wildman–Crippen LogP) is 13.1. The number of allylic oxidation sites excluding steroid dienone is 4. The van der Waals surface area contributed by atoms with Crippen molar-refractivity contribution in [3.8, 4) is 34.1 Å². The average molecular weight is 653 g/mol. The van der Waals surface area contributed by atoms with Crippen LogP contribution in [0.4, 0.5) is 28.4 Å². The third-order valence-electron chi connectivity index (χ3n) is 9.12. The molecular weight excluding hydrogens is 617 g/mol. The molecule has 51 heavy (non-hydrogen) atoms. The van der Waals surface area contributed by atoms with Gasteiger partial charge in [0.25, 0.3) is 0 Å². The molecule has 0 atom stereocenters. The van der Waals surface area contributed by atoms with Gasteiger partial charge in [-0.05, 0) is 94.1 Å². The molecule has 7 aromatic carbocycles. The van der Waals surface area contributed by atoms with Crippen LogP contribution < -0.4 is 10.2 Å². The minimum Gasteiger partial charge on any atom is -0.355 e. The maximum absolute atomic E-state index is 3.73. The van der Waals surface area contributed by atoms with E-state index in [1.807, 2.05) is 6.07 Å². The molecule has 0 bridgehead atoms. The topological polar surface area (TPSA) is 15.3 Å². The second-order valence-electron chi connectivity index (χ2n) is 12.5. The lowest BCUT2D eigenvalue weighted by Crippen LogP contribution is -2.10. The predicted molar refractivity (Wildman–Crippen MR) is 217 cm³/mol. The Morgan fingerprint density at radius 2 is 0.941 bits per heavy atom.